The van der Waals surface area contributed by atoms with Gasteiger partial charge in [-0.15, -0.1) is 0 Å². The van der Waals surface area contributed by atoms with Crippen molar-refractivity contribution in [2.45, 2.75) is 83.0 Å². The fourth-order valence-corrected chi connectivity index (χ4v) is 8.96. The second-order valence-corrected chi connectivity index (χ2v) is 13.3. The normalized spacial score (nSPS) is 36.4. The van der Waals surface area contributed by atoms with E-state index in [0.29, 0.717) is 32.1 Å². The van der Waals surface area contributed by atoms with Crippen LogP contribution < -0.4 is 5.32 Å². The predicted molar refractivity (Wildman–Crippen MR) is 158 cm³/mol. The van der Waals surface area contributed by atoms with Crippen molar-refractivity contribution in [2.75, 3.05) is 20.3 Å². The molecular weight excluding hydrogens is 552 g/mol. The first kappa shape index (κ1) is 31.3. The number of carbonyl (C=O) groups is 3. The molecule has 0 heterocycles. The maximum absolute atomic E-state index is 12.6. The molecule has 10 nitrogen and oxygen atoms in total. The van der Waals surface area contributed by atoms with E-state index in [4.69, 9.17) is 9.57 Å². The summed E-state index contributed by atoms with van der Waals surface area (Å²) in [5, 5.41) is 39.4. The molecule has 0 spiro atoms. The minimum Gasteiger partial charge on any atom is -0.467 e. The number of ketones is 1. The molecule has 4 N–H and O–H groups in total. The van der Waals surface area contributed by atoms with Gasteiger partial charge in [0.2, 0.25) is 0 Å². The highest BCUT2D eigenvalue weighted by Crippen LogP contribution is 2.67. The number of hydrogen-bond donors (Lipinski definition) is 4. The maximum atomic E-state index is 12.6. The van der Waals surface area contributed by atoms with E-state index in [1.165, 1.54) is 12.7 Å². The molecule has 43 heavy (non-hydrogen) atoms. The van der Waals surface area contributed by atoms with Gasteiger partial charge in [0.05, 0.1) is 18.9 Å². The lowest BCUT2D eigenvalue weighted by Gasteiger charge is -2.60. The minimum atomic E-state index is -1.61. The average molecular weight is 597 g/mol. The van der Waals surface area contributed by atoms with Crippen molar-refractivity contribution in [3.05, 3.63) is 47.5 Å². The predicted octanol–water partition coefficient (Wildman–Crippen LogP) is 2.49. The number of rotatable bonds is 9. The van der Waals surface area contributed by atoms with Crippen LogP contribution in [0.5, 0.6) is 0 Å². The lowest BCUT2D eigenvalue weighted by Crippen LogP contribution is -2.62. The zero-order valence-corrected chi connectivity index (χ0v) is 25.3. The molecular formula is C33H44N2O8. The lowest BCUT2D eigenvalue weighted by molar-refractivity contribution is -0.181. The number of nitrogens with zero attached hydrogens (tertiary/aromatic N) is 1. The second kappa shape index (κ2) is 12.1. The van der Waals surface area contributed by atoms with Gasteiger partial charge in [0.15, 0.2) is 12.4 Å². The fraction of sp³-hybridized carbons (Fsp3) is 0.636. The zero-order valence-electron chi connectivity index (χ0n) is 25.3. The number of fused-ring (bicyclic) bond motifs is 5. The van der Waals surface area contributed by atoms with Gasteiger partial charge in [-0.3, -0.25) is 9.59 Å². The van der Waals surface area contributed by atoms with Gasteiger partial charge in [0.25, 0.3) is 5.91 Å². The fourth-order valence-electron chi connectivity index (χ4n) is 8.96. The van der Waals surface area contributed by atoms with Crippen molar-refractivity contribution >= 4 is 23.4 Å². The van der Waals surface area contributed by atoms with Crippen molar-refractivity contribution < 1.29 is 39.3 Å². The van der Waals surface area contributed by atoms with Crippen LogP contribution in [0.1, 0.15) is 64.4 Å². The van der Waals surface area contributed by atoms with Crippen LogP contribution in [0.3, 0.4) is 0 Å². The van der Waals surface area contributed by atoms with Crippen molar-refractivity contribution in [1.29, 1.82) is 0 Å². The summed E-state index contributed by atoms with van der Waals surface area (Å²) in [6.45, 7) is 3.08. The Kier molecular flexibility index (Phi) is 8.84. The first-order valence-corrected chi connectivity index (χ1v) is 15.3. The van der Waals surface area contributed by atoms with Crippen molar-refractivity contribution in [3.63, 3.8) is 0 Å². The minimum absolute atomic E-state index is 0.00901. The standard InChI is InChI=1S/C33H44N2O8/c1-31-13-11-22(35-43-19-28(39)34-25(30(40)42-3)15-20-7-5-4-6-8-20)16-21(31)9-10-23-24-12-14-33(41,27(38)18-36)32(24,2)17-26(37)29(23)31/h4-8,16,23-26,29,36-37,41H,9-15,17-19H2,1-3H3,(H,34,39)/t23-,24+,25+,26+,29-,31+,32-,33+/m1/s1. The van der Waals surface area contributed by atoms with E-state index in [1.807, 2.05) is 43.3 Å². The molecule has 10 heteroatoms. The van der Waals surface area contributed by atoms with Crippen molar-refractivity contribution in [2.24, 2.45) is 33.7 Å². The van der Waals surface area contributed by atoms with Gasteiger partial charge in [-0.1, -0.05) is 54.9 Å². The third kappa shape index (κ3) is 5.53. The van der Waals surface area contributed by atoms with E-state index < -0.39 is 47.4 Å². The maximum Gasteiger partial charge on any atom is 0.328 e. The molecule has 1 aromatic carbocycles. The highest BCUT2D eigenvalue weighted by molar-refractivity contribution is 5.96. The Balaban J connectivity index is 1.23. The molecule has 234 valence electrons. The molecule has 0 bridgehead atoms. The number of nitrogens with one attached hydrogen (secondary N) is 1. The highest BCUT2D eigenvalue weighted by atomic mass is 16.6. The van der Waals surface area contributed by atoms with Gasteiger partial charge >= 0.3 is 5.97 Å². The molecule has 0 aromatic heterocycles. The summed E-state index contributed by atoms with van der Waals surface area (Å²) in [5.41, 5.74) is 0.181. The molecule has 3 fully saturated rings. The first-order valence-electron chi connectivity index (χ1n) is 15.3. The number of methoxy groups -OCH3 is 1. The van der Waals surface area contributed by atoms with Gasteiger partial charge in [-0.2, -0.15) is 0 Å². The van der Waals surface area contributed by atoms with Crippen LogP contribution in [0.15, 0.2) is 47.1 Å². The number of hydrogen-bond acceptors (Lipinski definition) is 9. The number of allylic oxidation sites excluding steroid dienone is 2. The summed E-state index contributed by atoms with van der Waals surface area (Å²) in [6, 6.07) is 8.51. The number of ether oxygens (including phenoxy) is 1. The van der Waals surface area contributed by atoms with E-state index in [2.05, 4.69) is 17.4 Å². The van der Waals surface area contributed by atoms with Gasteiger partial charge in [-0.25, -0.2) is 4.79 Å². The molecule has 0 unspecified atom stereocenters. The average Bonchev–Trinajstić information content (AvgIpc) is 3.26. The van der Waals surface area contributed by atoms with Crippen LogP contribution in [0.2, 0.25) is 0 Å². The summed E-state index contributed by atoms with van der Waals surface area (Å²) in [4.78, 5) is 42.9. The van der Waals surface area contributed by atoms with Gasteiger partial charge in [0.1, 0.15) is 18.2 Å². The van der Waals surface area contributed by atoms with Gasteiger partial charge < -0.3 is 30.2 Å². The Morgan fingerprint density at radius 1 is 1.12 bits per heavy atom. The molecule has 0 saturated heterocycles. The smallest absolute Gasteiger partial charge is 0.328 e. The molecule has 0 aliphatic heterocycles. The van der Waals surface area contributed by atoms with Crippen LogP contribution in [-0.2, 0) is 30.4 Å². The number of esters is 1. The third-order valence-electron chi connectivity index (χ3n) is 11.1. The summed E-state index contributed by atoms with van der Waals surface area (Å²) in [6.07, 6.45) is 6.00. The number of benzene rings is 1. The molecule has 8 atom stereocenters. The lowest BCUT2D eigenvalue weighted by atomic mass is 9.45. The Morgan fingerprint density at radius 2 is 1.86 bits per heavy atom. The Morgan fingerprint density at radius 3 is 2.56 bits per heavy atom. The number of aliphatic hydroxyl groups is 3. The number of oxime groups is 1. The third-order valence-corrected chi connectivity index (χ3v) is 11.1. The highest BCUT2D eigenvalue weighted by Gasteiger charge is 2.68. The van der Waals surface area contributed by atoms with E-state index >= 15 is 0 Å². The van der Waals surface area contributed by atoms with Crippen LogP contribution in [0, 0.1) is 28.6 Å². The number of carbonyl (C=O) groups excluding carboxylic acids is 3. The van der Waals surface area contributed by atoms with Crippen molar-refractivity contribution in [3.8, 4) is 0 Å². The Hall–Kier alpha value is -3.08. The van der Waals surface area contributed by atoms with Crippen LogP contribution >= 0.6 is 0 Å². The largest absolute Gasteiger partial charge is 0.467 e. The molecule has 1 aromatic rings. The first-order chi connectivity index (χ1) is 20.5. The molecule has 3 saturated carbocycles. The van der Waals surface area contributed by atoms with Crippen LogP contribution in [0.25, 0.3) is 0 Å². The number of Topliss-reactive ketones (excluding diaryl/α,β-unsaturated/α-hetero) is 1. The van der Waals surface area contributed by atoms with E-state index in [-0.39, 0.29) is 29.8 Å². The molecule has 4 aliphatic rings. The molecule has 1 amide bonds. The zero-order chi connectivity index (χ0) is 31.0. The molecule has 5 rings (SSSR count). The second-order valence-electron chi connectivity index (χ2n) is 13.3. The van der Waals surface area contributed by atoms with Crippen molar-refractivity contribution in [1.82, 2.24) is 5.32 Å². The number of amides is 1. The van der Waals surface area contributed by atoms with Crippen LogP contribution in [0.4, 0.5) is 0 Å². The van der Waals surface area contributed by atoms with E-state index in [9.17, 15) is 29.7 Å². The topological polar surface area (TPSA) is 155 Å². The van der Waals surface area contributed by atoms with Gasteiger partial charge in [0, 0.05) is 11.8 Å². The van der Waals surface area contributed by atoms with E-state index in [0.717, 1.165) is 30.5 Å². The Labute approximate surface area is 252 Å². The summed E-state index contributed by atoms with van der Waals surface area (Å²) < 4.78 is 4.86. The number of aliphatic hydroxyl groups excluding tert-OH is 2. The SMILES string of the molecule is COC(=O)[C@H](Cc1ccccc1)NC(=O)CON=C1C=C2CC[C@H]3[C@H]([C@@H](O)C[C@]4(C)[C@H]3CC[C@]4(O)C(=O)CO)[C@@]2(C)CC1. The molecule has 4 aliphatic carbocycles. The monoisotopic (exact) mass is 596 g/mol. The van der Waals surface area contributed by atoms with Crippen LogP contribution in [-0.4, -0.2) is 76.8 Å². The molecule has 0 radical (unpaired) electrons. The summed E-state index contributed by atoms with van der Waals surface area (Å²) in [5.74, 6) is -1.32. The van der Waals surface area contributed by atoms with Gasteiger partial charge in [-0.05, 0) is 79.8 Å². The van der Waals surface area contributed by atoms with E-state index in [1.54, 1.807) is 0 Å². The Bertz CT molecular complexity index is 1300. The summed E-state index contributed by atoms with van der Waals surface area (Å²) in [7, 11) is 1.28. The quantitative estimate of drug-likeness (QED) is 0.250. The summed E-state index contributed by atoms with van der Waals surface area (Å²) >= 11 is 0.